The summed E-state index contributed by atoms with van der Waals surface area (Å²) < 4.78 is 5.49. The van der Waals surface area contributed by atoms with E-state index < -0.39 is 0 Å². The standard InChI is InChI=1S/C19H13O/c1-2-6-14(7-3-1)17-9-4-8-15-12-16(13-18(15)17)19-10-5-11-20-19/h1-13H. The van der Waals surface area contributed by atoms with Crippen LogP contribution in [-0.4, -0.2) is 0 Å². The second-order valence-corrected chi connectivity index (χ2v) is 4.90. The zero-order valence-corrected chi connectivity index (χ0v) is 10.9. The van der Waals surface area contributed by atoms with E-state index in [-0.39, 0.29) is 0 Å². The molecule has 1 radical (unpaired) electrons. The van der Waals surface area contributed by atoms with Gasteiger partial charge in [0, 0.05) is 12.0 Å². The van der Waals surface area contributed by atoms with Crippen LogP contribution in [0, 0.1) is 6.42 Å². The van der Waals surface area contributed by atoms with Crippen molar-refractivity contribution in [1.29, 1.82) is 0 Å². The monoisotopic (exact) mass is 257 g/mol. The molecule has 1 aliphatic carbocycles. The van der Waals surface area contributed by atoms with Gasteiger partial charge >= 0.3 is 0 Å². The number of hydrogen-bond acceptors (Lipinski definition) is 1. The lowest BCUT2D eigenvalue weighted by molar-refractivity contribution is 0.554. The number of furan rings is 1. The van der Waals surface area contributed by atoms with Gasteiger partial charge in [-0.1, -0.05) is 48.5 Å². The molecule has 0 fully saturated rings. The third kappa shape index (κ3) is 1.79. The van der Waals surface area contributed by atoms with E-state index in [2.05, 4.69) is 55.0 Å². The molecule has 95 valence electrons. The lowest BCUT2D eigenvalue weighted by atomic mass is 9.97. The maximum atomic E-state index is 5.49. The number of rotatable bonds is 2. The Bertz CT molecular complexity index is 765. The van der Waals surface area contributed by atoms with Crippen LogP contribution in [0.3, 0.4) is 0 Å². The smallest absolute Gasteiger partial charge is 0.130 e. The molecule has 0 saturated heterocycles. The average molecular weight is 257 g/mol. The van der Waals surface area contributed by atoms with Gasteiger partial charge in [0.1, 0.15) is 5.76 Å². The zero-order chi connectivity index (χ0) is 13.4. The van der Waals surface area contributed by atoms with E-state index >= 15 is 0 Å². The minimum atomic E-state index is 0.917. The Kier molecular flexibility index (Phi) is 2.56. The molecule has 4 rings (SSSR count). The molecule has 2 aromatic carbocycles. The first-order chi connectivity index (χ1) is 9.92. The Balaban J connectivity index is 1.84. The molecule has 3 aromatic rings. The number of hydrogen-bond donors (Lipinski definition) is 0. The van der Waals surface area contributed by atoms with E-state index in [1.54, 1.807) is 6.26 Å². The summed E-state index contributed by atoms with van der Waals surface area (Å²) in [6, 6.07) is 20.8. The summed E-state index contributed by atoms with van der Waals surface area (Å²) in [4.78, 5) is 0. The van der Waals surface area contributed by atoms with Crippen molar-refractivity contribution in [3.63, 3.8) is 0 Å². The molecular weight excluding hydrogens is 244 g/mol. The van der Waals surface area contributed by atoms with Gasteiger partial charge in [0.2, 0.25) is 0 Å². The molecule has 0 N–H and O–H groups in total. The summed E-state index contributed by atoms with van der Waals surface area (Å²) in [7, 11) is 0. The molecule has 0 bridgehead atoms. The third-order valence-electron chi connectivity index (χ3n) is 3.64. The van der Waals surface area contributed by atoms with E-state index in [1.165, 1.54) is 22.3 Å². The Morgan fingerprint density at radius 3 is 2.45 bits per heavy atom. The van der Waals surface area contributed by atoms with Gasteiger partial charge in [-0.3, -0.25) is 0 Å². The molecule has 0 amide bonds. The molecule has 0 saturated carbocycles. The summed E-state index contributed by atoms with van der Waals surface area (Å²) in [6.07, 6.45) is 6.10. The average Bonchev–Trinajstić information content (AvgIpc) is 3.16. The molecule has 1 aromatic heterocycles. The summed E-state index contributed by atoms with van der Waals surface area (Å²) in [5, 5.41) is 0. The molecule has 0 spiro atoms. The first-order valence-electron chi connectivity index (χ1n) is 6.70. The lowest BCUT2D eigenvalue weighted by Crippen LogP contribution is -1.85. The number of allylic oxidation sites excluding steroid dienone is 1. The second-order valence-electron chi connectivity index (χ2n) is 4.90. The summed E-state index contributed by atoms with van der Waals surface area (Å²) in [5.74, 6) is 0.917. The predicted octanol–water partition coefficient (Wildman–Crippen LogP) is 5.05. The van der Waals surface area contributed by atoms with E-state index in [0.717, 1.165) is 11.3 Å². The Labute approximate surface area is 118 Å². The normalized spacial score (nSPS) is 13.1. The van der Waals surface area contributed by atoms with Gasteiger partial charge in [0.25, 0.3) is 0 Å². The van der Waals surface area contributed by atoms with E-state index in [9.17, 15) is 0 Å². The molecule has 1 nitrogen and oxygen atoms in total. The van der Waals surface area contributed by atoms with Gasteiger partial charge in [-0.15, -0.1) is 0 Å². The van der Waals surface area contributed by atoms with Crippen LogP contribution in [0.4, 0.5) is 0 Å². The fraction of sp³-hybridized carbons (Fsp3) is 0. The highest BCUT2D eigenvalue weighted by Gasteiger charge is 2.19. The van der Waals surface area contributed by atoms with Crippen molar-refractivity contribution >= 4 is 11.6 Å². The number of benzene rings is 2. The van der Waals surface area contributed by atoms with Crippen LogP contribution < -0.4 is 0 Å². The van der Waals surface area contributed by atoms with Gasteiger partial charge in [0.05, 0.1) is 6.26 Å². The van der Waals surface area contributed by atoms with Crippen LogP contribution in [0.15, 0.2) is 71.3 Å². The lowest BCUT2D eigenvalue weighted by Gasteiger charge is -2.07. The quantitative estimate of drug-likeness (QED) is 0.626. The summed E-state index contributed by atoms with van der Waals surface area (Å²) in [5.41, 5.74) is 6.16. The molecule has 20 heavy (non-hydrogen) atoms. The molecule has 0 atom stereocenters. The van der Waals surface area contributed by atoms with E-state index in [1.807, 2.05) is 18.2 Å². The Hall–Kier alpha value is -2.54. The third-order valence-corrected chi connectivity index (χ3v) is 3.64. The molecule has 1 heterocycles. The Morgan fingerprint density at radius 1 is 0.750 bits per heavy atom. The maximum Gasteiger partial charge on any atom is 0.130 e. The molecule has 1 aliphatic rings. The minimum Gasteiger partial charge on any atom is -0.465 e. The predicted molar refractivity (Wildman–Crippen MR) is 81.9 cm³/mol. The Morgan fingerprint density at radius 2 is 1.65 bits per heavy atom. The summed E-state index contributed by atoms with van der Waals surface area (Å²) in [6.45, 7) is 0. The fourth-order valence-electron chi connectivity index (χ4n) is 2.69. The highest BCUT2D eigenvalue weighted by Crippen LogP contribution is 2.38. The van der Waals surface area contributed by atoms with Crippen LogP contribution >= 0.6 is 0 Å². The van der Waals surface area contributed by atoms with Crippen LogP contribution in [0.25, 0.3) is 22.8 Å². The molecule has 0 unspecified atom stereocenters. The number of fused-ring (bicyclic) bond motifs is 1. The van der Waals surface area contributed by atoms with Crippen LogP contribution in [0.1, 0.15) is 16.9 Å². The zero-order valence-electron chi connectivity index (χ0n) is 10.9. The van der Waals surface area contributed by atoms with Gasteiger partial charge in [-0.2, -0.15) is 0 Å². The van der Waals surface area contributed by atoms with Crippen molar-refractivity contribution in [1.82, 2.24) is 0 Å². The molecule has 0 aliphatic heterocycles. The van der Waals surface area contributed by atoms with Crippen molar-refractivity contribution in [2.24, 2.45) is 0 Å². The van der Waals surface area contributed by atoms with Gasteiger partial charge in [0.15, 0.2) is 0 Å². The fourth-order valence-corrected chi connectivity index (χ4v) is 2.69. The largest absolute Gasteiger partial charge is 0.465 e. The van der Waals surface area contributed by atoms with Gasteiger partial charge in [-0.05, 0) is 40.5 Å². The van der Waals surface area contributed by atoms with E-state index in [4.69, 9.17) is 4.42 Å². The van der Waals surface area contributed by atoms with Crippen molar-refractivity contribution < 1.29 is 4.42 Å². The van der Waals surface area contributed by atoms with Crippen molar-refractivity contribution in [3.05, 3.63) is 90.2 Å². The topological polar surface area (TPSA) is 13.1 Å². The van der Waals surface area contributed by atoms with Crippen LogP contribution in [-0.2, 0) is 0 Å². The van der Waals surface area contributed by atoms with Crippen molar-refractivity contribution in [3.8, 4) is 11.1 Å². The highest BCUT2D eigenvalue weighted by atomic mass is 16.3. The molecular formula is C19H13O. The van der Waals surface area contributed by atoms with Gasteiger partial charge < -0.3 is 4.42 Å². The van der Waals surface area contributed by atoms with E-state index in [0.29, 0.717) is 0 Å². The minimum absolute atomic E-state index is 0.917. The van der Waals surface area contributed by atoms with Crippen LogP contribution in [0.2, 0.25) is 0 Å². The SMILES string of the molecule is [CH]1C(c2ccco2)=Cc2c1cccc2-c1ccccc1. The van der Waals surface area contributed by atoms with Gasteiger partial charge in [-0.25, -0.2) is 0 Å². The second kappa shape index (κ2) is 4.53. The van der Waals surface area contributed by atoms with Crippen molar-refractivity contribution in [2.75, 3.05) is 0 Å². The first-order valence-corrected chi connectivity index (χ1v) is 6.70. The maximum absolute atomic E-state index is 5.49. The molecule has 1 heteroatoms. The highest BCUT2D eigenvalue weighted by molar-refractivity contribution is 5.97. The van der Waals surface area contributed by atoms with Crippen molar-refractivity contribution in [2.45, 2.75) is 0 Å². The van der Waals surface area contributed by atoms with Crippen LogP contribution in [0.5, 0.6) is 0 Å². The first kappa shape index (κ1) is 11.3. The summed E-state index contributed by atoms with van der Waals surface area (Å²) >= 11 is 0.